The lowest BCUT2D eigenvalue weighted by atomic mass is 10.4. The molecule has 0 aromatic carbocycles. The Hall–Kier alpha value is -1.69. The summed E-state index contributed by atoms with van der Waals surface area (Å²) in [7, 11) is 1.72. The Morgan fingerprint density at radius 2 is 2.24 bits per heavy atom. The van der Waals surface area contributed by atoms with Gasteiger partial charge in [0.2, 0.25) is 0 Å². The SMILES string of the molecule is CNc1cncc(C(=O)NCCOC(C)C)n1. The van der Waals surface area contributed by atoms with E-state index < -0.39 is 0 Å². The summed E-state index contributed by atoms with van der Waals surface area (Å²) in [6.07, 6.45) is 3.15. The fourth-order valence-electron chi connectivity index (χ4n) is 1.15. The third-order valence-corrected chi connectivity index (χ3v) is 1.96. The van der Waals surface area contributed by atoms with Gasteiger partial charge in [0.1, 0.15) is 11.5 Å². The maximum absolute atomic E-state index is 11.7. The Morgan fingerprint density at radius 1 is 1.47 bits per heavy atom. The van der Waals surface area contributed by atoms with E-state index in [1.165, 1.54) is 6.20 Å². The maximum Gasteiger partial charge on any atom is 0.271 e. The Morgan fingerprint density at radius 3 is 2.88 bits per heavy atom. The van der Waals surface area contributed by atoms with Gasteiger partial charge >= 0.3 is 0 Å². The van der Waals surface area contributed by atoms with Crippen LogP contribution >= 0.6 is 0 Å². The highest BCUT2D eigenvalue weighted by Gasteiger charge is 2.07. The Bertz CT molecular complexity index is 368. The molecule has 0 saturated heterocycles. The van der Waals surface area contributed by atoms with E-state index in [9.17, 15) is 4.79 Å². The van der Waals surface area contributed by atoms with E-state index in [0.717, 1.165) is 0 Å². The first-order valence-electron chi connectivity index (χ1n) is 5.53. The van der Waals surface area contributed by atoms with E-state index >= 15 is 0 Å². The second-order valence-electron chi connectivity index (χ2n) is 3.72. The summed E-state index contributed by atoms with van der Waals surface area (Å²) in [6.45, 7) is 4.85. The number of nitrogens with one attached hydrogen (secondary N) is 2. The smallest absolute Gasteiger partial charge is 0.271 e. The summed E-state index contributed by atoms with van der Waals surface area (Å²) in [4.78, 5) is 19.7. The van der Waals surface area contributed by atoms with Crippen molar-refractivity contribution in [1.29, 1.82) is 0 Å². The van der Waals surface area contributed by atoms with Crippen molar-refractivity contribution in [1.82, 2.24) is 15.3 Å². The third kappa shape index (κ3) is 4.78. The number of hydrogen-bond acceptors (Lipinski definition) is 5. The van der Waals surface area contributed by atoms with E-state index in [0.29, 0.717) is 24.7 Å². The fourth-order valence-corrected chi connectivity index (χ4v) is 1.15. The number of ether oxygens (including phenoxy) is 1. The van der Waals surface area contributed by atoms with Crippen LogP contribution in [-0.2, 0) is 4.74 Å². The molecule has 2 N–H and O–H groups in total. The van der Waals surface area contributed by atoms with Crippen molar-refractivity contribution in [2.45, 2.75) is 20.0 Å². The molecule has 1 aromatic rings. The van der Waals surface area contributed by atoms with Gasteiger partial charge in [-0.15, -0.1) is 0 Å². The van der Waals surface area contributed by atoms with Crippen molar-refractivity contribution in [3.05, 3.63) is 18.1 Å². The standard InChI is InChI=1S/C11H18N4O2/c1-8(2)17-5-4-14-11(16)9-6-13-7-10(12-3)15-9/h6-8H,4-5H2,1-3H3,(H,12,15)(H,14,16). The zero-order valence-electron chi connectivity index (χ0n) is 10.4. The van der Waals surface area contributed by atoms with Gasteiger partial charge in [0.25, 0.3) is 5.91 Å². The second-order valence-corrected chi connectivity index (χ2v) is 3.72. The predicted molar refractivity (Wildman–Crippen MR) is 65.0 cm³/mol. The van der Waals surface area contributed by atoms with Crippen molar-refractivity contribution in [2.75, 3.05) is 25.5 Å². The maximum atomic E-state index is 11.7. The van der Waals surface area contributed by atoms with E-state index in [-0.39, 0.29) is 12.0 Å². The average Bonchev–Trinajstić information content (AvgIpc) is 2.34. The molecule has 0 bridgehead atoms. The summed E-state index contributed by atoms with van der Waals surface area (Å²) in [5, 5.41) is 5.54. The molecule has 17 heavy (non-hydrogen) atoms. The molecule has 0 spiro atoms. The van der Waals surface area contributed by atoms with Crippen molar-refractivity contribution in [2.24, 2.45) is 0 Å². The van der Waals surface area contributed by atoms with Crippen LogP contribution in [0, 0.1) is 0 Å². The van der Waals surface area contributed by atoms with E-state index in [1.54, 1.807) is 13.2 Å². The summed E-state index contributed by atoms with van der Waals surface area (Å²) in [6, 6.07) is 0. The van der Waals surface area contributed by atoms with Crippen LogP contribution in [0.2, 0.25) is 0 Å². The zero-order chi connectivity index (χ0) is 12.7. The van der Waals surface area contributed by atoms with E-state index in [1.807, 2.05) is 13.8 Å². The number of carbonyl (C=O) groups is 1. The zero-order valence-corrected chi connectivity index (χ0v) is 10.4. The first-order chi connectivity index (χ1) is 8.13. The van der Waals surface area contributed by atoms with Crippen molar-refractivity contribution >= 4 is 11.7 Å². The first-order valence-corrected chi connectivity index (χ1v) is 5.53. The Kier molecular flexibility index (Phi) is 5.35. The average molecular weight is 238 g/mol. The van der Waals surface area contributed by atoms with Gasteiger partial charge in [-0.1, -0.05) is 0 Å². The molecular formula is C11H18N4O2. The minimum absolute atomic E-state index is 0.166. The van der Waals surface area contributed by atoms with Gasteiger partial charge in [0.15, 0.2) is 0 Å². The van der Waals surface area contributed by atoms with Crippen LogP contribution in [0.5, 0.6) is 0 Å². The number of amides is 1. The fraction of sp³-hybridized carbons (Fsp3) is 0.545. The number of carbonyl (C=O) groups excluding carboxylic acids is 1. The van der Waals surface area contributed by atoms with Crippen molar-refractivity contribution in [3.63, 3.8) is 0 Å². The van der Waals surface area contributed by atoms with Crippen LogP contribution in [0.25, 0.3) is 0 Å². The number of hydrogen-bond donors (Lipinski definition) is 2. The Balaban J connectivity index is 2.41. The Labute approximate surface area is 101 Å². The molecule has 0 unspecified atom stereocenters. The summed E-state index contributed by atoms with van der Waals surface area (Å²) >= 11 is 0. The number of anilines is 1. The van der Waals surface area contributed by atoms with Crippen molar-refractivity contribution in [3.8, 4) is 0 Å². The number of rotatable bonds is 6. The van der Waals surface area contributed by atoms with Gasteiger partial charge in [0.05, 0.1) is 25.1 Å². The molecule has 1 aromatic heterocycles. The largest absolute Gasteiger partial charge is 0.377 e. The number of nitrogens with zero attached hydrogens (tertiary/aromatic N) is 2. The molecule has 6 heteroatoms. The minimum Gasteiger partial charge on any atom is -0.377 e. The van der Waals surface area contributed by atoms with Gasteiger partial charge in [-0.2, -0.15) is 0 Å². The third-order valence-electron chi connectivity index (χ3n) is 1.96. The second kappa shape index (κ2) is 6.80. The summed E-state index contributed by atoms with van der Waals surface area (Å²) < 4.78 is 5.31. The van der Waals surface area contributed by atoms with Gasteiger partial charge in [-0.05, 0) is 13.8 Å². The number of aromatic nitrogens is 2. The van der Waals surface area contributed by atoms with Crippen LogP contribution in [0.15, 0.2) is 12.4 Å². The molecule has 1 rings (SSSR count). The lowest BCUT2D eigenvalue weighted by Crippen LogP contribution is -2.29. The lowest BCUT2D eigenvalue weighted by molar-refractivity contribution is 0.0745. The minimum atomic E-state index is -0.248. The molecule has 0 fully saturated rings. The van der Waals surface area contributed by atoms with Crippen LogP contribution in [0.1, 0.15) is 24.3 Å². The summed E-state index contributed by atoms with van der Waals surface area (Å²) in [5.74, 6) is 0.318. The van der Waals surface area contributed by atoms with Crippen LogP contribution < -0.4 is 10.6 Å². The molecule has 94 valence electrons. The molecule has 0 aliphatic rings. The van der Waals surface area contributed by atoms with Crippen LogP contribution in [0.3, 0.4) is 0 Å². The van der Waals surface area contributed by atoms with Crippen LogP contribution in [0.4, 0.5) is 5.82 Å². The normalized spacial score (nSPS) is 10.4. The highest BCUT2D eigenvalue weighted by molar-refractivity contribution is 5.92. The van der Waals surface area contributed by atoms with Gasteiger partial charge in [-0.3, -0.25) is 9.78 Å². The molecule has 0 atom stereocenters. The molecule has 1 heterocycles. The van der Waals surface area contributed by atoms with Gasteiger partial charge in [-0.25, -0.2) is 4.98 Å². The molecule has 6 nitrogen and oxygen atoms in total. The highest BCUT2D eigenvalue weighted by Crippen LogP contribution is 2.00. The quantitative estimate of drug-likeness (QED) is 0.712. The van der Waals surface area contributed by atoms with Gasteiger partial charge < -0.3 is 15.4 Å². The molecule has 0 aliphatic carbocycles. The molecule has 0 aliphatic heterocycles. The monoisotopic (exact) mass is 238 g/mol. The van der Waals surface area contributed by atoms with Gasteiger partial charge in [0, 0.05) is 13.6 Å². The lowest BCUT2D eigenvalue weighted by Gasteiger charge is -2.08. The molecule has 0 radical (unpaired) electrons. The summed E-state index contributed by atoms with van der Waals surface area (Å²) in [5.41, 5.74) is 0.293. The molecule has 1 amide bonds. The van der Waals surface area contributed by atoms with E-state index in [2.05, 4.69) is 20.6 Å². The first kappa shape index (κ1) is 13.4. The topological polar surface area (TPSA) is 76.1 Å². The molecular weight excluding hydrogens is 220 g/mol. The van der Waals surface area contributed by atoms with Crippen molar-refractivity contribution < 1.29 is 9.53 Å². The molecule has 0 saturated carbocycles. The predicted octanol–water partition coefficient (Wildman–Crippen LogP) is 0.673. The van der Waals surface area contributed by atoms with Crippen LogP contribution in [-0.4, -0.2) is 42.2 Å². The highest BCUT2D eigenvalue weighted by atomic mass is 16.5. The van der Waals surface area contributed by atoms with E-state index in [4.69, 9.17) is 4.74 Å².